The summed E-state index contributed by atoms with van der Waals surface area (Å²) in [5.74, 6) is 0.576. The number of morpholine rings is 1. The van der Waals surface area contributed by atoms with Gasteiger partial charge in [-0.15, -0.1) is 0 Å². The molecule has 0 saturated carbocycles. The maximum absolute atomic E-state index is 13.9. The SMILES string of the molecule is CCOC1CCc2c(F)ccc(OCC3CNCCO3)c21. The number of benzene rings is 1. The third-order valence-corrected chi connectivity index (χ3v) is 4.04. The summed E-state index contributed by atoms with van der Waals surface area (Å²) in [4.78, 5) is 0. The van der Waals surface area contributed by atoms with Gasteiger partial charge in [0.25, 0.3) is 0 Å². The topological polar surface area (TPSA) is 39.7 Å². The van der Waals surface area contributed by atoms with E-state index in [1.807, 2.05) is 6.92 Å². The Morgan fingerprint density at radius 2 is 2.33 bits per heavy atom. The summed E-state index contributed by atoms with van der Waals surface area (Å²) >= 11 is 0. The van der Waals surface area contributed by atoms with Gasteiger partial charge in [-0.25, -0.2) is 4.39 Å². The van der Waals surface area contributed by atoms with Gasteiger partial charge in [0.1, 0.15) is 24.3 Å². The van der Waals surface area contributed by atoms with Gasteiger partial charge in [-0.2, -0.15) is 0 Å². The lowest BCUT2D eigenvalue weighted by Crippen LogP contribution is -2.41. The van der Waals surface area contributed by atoms with Gasteiger partial charge in [-0.1, -0.05) is 0 Å². The van der Waals surface area contributed by atoms with E-state index in [9.17, 15) is 4.39 Å². The van der Waals surface area contributed by atoms with E-state index in [4.69, 9.17) is 14.2 Å². The minimum absolute atomic E-state index is 0.0476. The summed E-state index contributed by atoms with van der Waals surface area (Å²) in [5.41, 5.74) is 1.63. The van der Waals surface area contributed by atoms with Crippen LogP contribution >= 0.6 is 0 Å². The number of hydrogen-bond acceptors (Lipinski definition) is 4. The van der Waals surface area contributed by atoms with Crippen molar-refractivity contribution >= 4 is 0 Å². The molecule has 0 radical (unpaired) electrons. The average molecular weight is 295 g/mol. The second kappa shape index (κ2) is 6.73. The Kier molecular flexibility index (Phi) is 4.73. The van der Waals surface area contributed by atoms with Crippen LogP contribution in [-0.4, -0.2) is 39.0 Å². The number of nitrogens with one attached hydrogen (secondary N) is 1. The molecule has 21 heavy (non-hydrogen) atoms. The van der Waals surface area contributed by atoms with Gasteiger partial charge in [0.05, 0.1) is 12.7 Å². The van der Waals surface area contributed by atoms with Crippen molar-refractivity contribution in [1.82, 2.24) is 5.32 Å². The molecule has 2 unspecified atom stereocenters. The first-order chi connectivity index (χ1) is 10.3. The van der Waals surface area contributed by atoms with E-state index in [0.29, 0.717) is 26.2 Å². The van der Waals surface area contributed by atoms with Gasteiger partial charge in [0.2, 0.25) is 0 Å². The zero-order valence-corrected chi connectivity index (χ0v) is 12.4. The maximum atomic E-state index is 13.9. The smallest absolute Gasteiger partial charge is 0.127 e. The molecule has 1 aliphatic carbocycles. The standard InChI is InChI=1S/C16H22FNO3/c1-2-19-14-5-3-12-13(17)4-6-15(16(12)14)21-10-11-9-18-7-8-20-11/h4,6,11,14,18H,2-3,5,7-10H2,1H3. The van der Waals surface area contributed by atoms with Gasteiger partial charge in [0.15, 0.2) is 0 Å². The van der Waals surface area contributed by atoms with Gasteiger partial charge >= 0.3 is 0 Å². The zero-order valence-electron chi connectivity index (χ0n) is 12.4. The molecule has 1 aromatic carbocycles. The molecule has 2 aliphatic rings. The lowest BCUT2D eigenvalue weighted by molar-refractivity contribution is -0.00113. The van der Waals surface area contributed by atoms with Gasteiger partial charge in [-0.3, -0.25) is 0 Å². The molecular formula is C16H22FNO3. The highest BCUT2D eigenvalue weighted by Gasteiger charge is 2.29. The molecule has 2 atom stereocenters. The number of halogens is 1. The van der Waals surface area contributed by atoms with Crippen molar-refractivity contribution in [2.75, 3.05) is 32.9 Å². The molecule has 0 amide bonds. The predicted molar refractivity (Wildman–Crippen MR) is 77.2 cm³/mol. The predicted octanol–water partition coefficient (Wildman–Crippen LogP) is 2.22. The van der Waals surface area contributed by atoms with E-state index >= 15 is 0 Å². The maximum Gasteiger partial charge on any atom is 0.127 e. The molecule has 1 aliphatic heterocycles. The second-order valence-electron chi connectivity index (χ2n) is 5.43. The van der Waals surface area contributed by atoms with Crippen LogP contribution in [-0.2, 0) is 15.9 Å². The third-order valence-electron chi connectivity index (χ3n) is 4.04. The summed E-state index contributed by atoms with van der Waals surface area (Å²) in [6.45, 7) is 5.43. The van der Waals surface area contributed by atoms with Crippen LogP contribution in [0.2, 0.25) is 0 Å². The van der Waals surface area contributed by atoms with Crippen LogP contribution in [0, 0.1) is 5.82 Å². The van der Waals surface area contributed by atoms with Crippen LogP contribution in [0.15, 0.2) is 12.1 Å². The Hall–Kier alpha value is -1.17. The molecule has 1 aromatic rings. The first kappa shape index (κ1) is 14.8. The van der Waals surface area contributed by atoms with Crippen LogP contribution in [0.4, 0.5) is 4.39 Å². The second-order valence-corrected chi connectivity index (χ2v) is 5.43. The van der Waals surface area contributed by atoms with Crippen LogP contribution in [0.25, 0.3) is 0 Å². The number of fused-ring (bicyclic) bond motifs is 1. The quantitative estimate of drug-likeness (QED) is 0.904. The molecule has 1 heterocycles. The first-order valence-corrected chi connectivity index (χ1v) is 7.67. The van der Waals surface area contributed by atoms with Crippen molar-refractivity contribution in [2.24, 2.45) is 0 Å². The Balaban J connectivity index is 1.74. The third kappa shape index (κ3) is 3.20. The van der Waals surface area contributed by atoms with Crippen molar-refractivity contribution in [3.05, 3.63) is 29.1 Å². The molecule has 0 aromatic heterocycles. The Labute approximate surface area is 124 Å². The van der Waals surface area contributed by atoms with Gasteiger partial charge < -0.3 is 19.5 Å². The molecule has 1 saturated heterocycles. The van der Waals surface area contributed by atoms with Crippen molar-refractivity contribution in [3.63, 3.8) is 0 Å². The highest BCUT2D eigenvalue weighted by atomic mass is 19.1. The average Bonchev–Trinajstić information content (AvgIpc) is 2.93. The number of ether oxygens (including phenoxy) is 3. The molecule has 116 valence electrons. The molecule has 5 heteroatoms. The fourth-order valence-corrected chi connectivity index (χ4v) is 3.05. The Bertz CT molecular complexity index is 489. The molecule has 1 fully saturated rings. The van der Waals surface area contributed by atoms with Gasteiger partial charge in [-0.05, 0) is 37.5 Å². The highest BCUT2D eigenvalue weighted by molar-refractivity contribution is 5.45. The van der Waals surface area contributed by atoms with E-state index in [1.54, 1.807) is 6.07 Å². The first-order valence-electron chi connectivity index (χ1n) is 7.67. The summed E-state index contributed by atoms with van der Waals surface area (Å²) < 4.78 is 31.2. The minimum atomic E-state index is -0.157. The highest BCUT2D eigenvalue weighted by Crippen LogP contribution is 2.41. The zero-order chi connectivity index (χ0) is 14.7. The normalized spacial score (nSPS) is 24.9. The van der Waals surface area contributed by atoms with E-state index in [0.717, 1.165) is 36.4 Å². The Morgan fingerprint density at radius 1 is 1.43 bits per heavy atom. The lowest BCUT2D eigenvalue weighted by atomic mass is 10.1. The molecule has 0 spiro atoms. The van der Waals surface area contributed by atoms with E-state index in [-0.39, 0.29) is 18.0 Å². The molecule has 1 N–H and O–H groups in total. The molecule has 4 nitrogen and oxygen atoms in total. The summed E-state index contributed by atoms with van der Waals surface area (Å²) in [7, 11) is 0. The molecule has 3 rings (SSSR count). The van der Waals surface area contributed by atoms with E-state index in [2.05, 4.69) is 5.32 Å². The van der Waals surface area contributed by atoms with Crippen LogP contribution in [0.1, 0.15) is 30.6 Å². The van der Waals surface area contributed by atoms with Crippen LogP contribution in [0.3, 0.4) is 0 Å². The summed E-state index contributed by atoms with van der Waals surface area (Å²) in [6, 6.07) is 3.20. The van der Waals surface area contributed by atoms with Crippen molar-refractivity contribution < 1.29 is 18.6 Å². The number of rotatable bonds is 5. The van der Waals surface area contributed by atoms with Crippen molar-refractivity contribution in [2.45, 2.75) is 32.0 Å². The van der Waals surface area contributed by atoms with Gasteiger partial charge in [0, 0.05) is 25.3 Å². The summed E-state index contributed by atoms with van der Waals surface area (Å²) in [5, 5.41) is 3.27. The minimum Gasteiger partial charge on any atom is -0.490 e. The fourth-order valence-electron chi connectivity index (χ4n) is 3.05. The van der Waals surface area contributed by atoms with Crippen LogP contribution < -0.4 is 10.1 Å². The summed E-state index contributed by atoms with van der Waals surface area (Å²) in [6.07, 6.45) is 1.53. The van der Waals surface area contributed by atoms with Crippen LogP contribution in [0.5, 0.6) is 5.75 Å². The fraction of sp³-hybridized carbons (Fsp3) is 0.625. The molecule has 0 bridgehead atoms. The molecular weight excluding hydrogens is 273 g/mol. The van der Waals surface area contributed by atoms with E-state index < -0.39 is 0 Å². The van der Waals surface area contributed by atoms with Crippen molar-refractivity contribution in [3.8, 4) is 5.75 Å². The van der Waals surface area contributed by atoms with Crippen molar-refractivity contribution in [1.29, 1.82) is 0 Å². The monoisotopic (exact) mass is 295 g/mol. The number of hydrogen-bond donors (Lipinski definition) is 1. The Morgan fingerprint density at radius 3 is 3.10 bits per heavy atom. The lowest BCUT2D eigenvalue weighted by Gasteiger charge is -2.24. The largest absolute Gasteiger partial charge is 0.490 e. The van der Waals surface area contributed by atoms with E-state index in [1.165, 1.54) is 6.07 Å².